The molecule has 0 spiro atoms. The molecule has 0 unspecified atom stereocenters. The van der Waals surface area contributed by atoms with E-state index >= 15 is 0 Å². The van der Waals surface area contributed by atoms with Crippen LogP contribution in [0.1, 0.15) is 0 Å². The lowest BCUT2D eigenvalue weighted by atomic mass is 10.0. The molecule has 0 N–H and O–H groups in total. The van der Waals surface area contributed by atoms with Gasteiger partial charge in [-0.2, -0.15) is 0 Å². The summed E-state index contributed by atoms with van der Waals surface area (Å²) in [6.45, 7) is 0. The first-order valence-electron chi connectivity index (χ1n) is 7.44. The van der Waals surface area contributed by atoms with E-state index in [-0.39, 0.29) is 0 Å². The lowest BCUT2D eigenvalue weighted by molar-refractivity contribution is 0.377. The number of aromatic nitrogens is 2. The van der Waals surface area contributed by atoms with Crippen molar-refractivity contribution in [3.63, 3.8) is 0 Å². The highest BCUT2D eigenvalue weighted by Crippen LogP contribution is 2.42. The minimum Gasteiger partial charge on any atom is -0.496 e. The van der Waals surface area contributed by atoms with Crippen LogP contribution in [0.5, 0.6) is 17.2 Å². The van der Waals surface area contributed by atoms with E-state index in [9.17, 15) is 0 Å². The normalized spacial score (nSPS) is 10.3. The predicted octanol–water partition coefficient (Wildman–Crippen LogP) is 3.84. The van der Waals surface area contributed by atoms with Crippen LogP contribution in [0.3, 0.4) is 0 Å². The molecular formula is C19H18N2O3. The first kappa shape index (κ1) is 15.8. The van der Waals surface area contributed by atoms with Crippen molar-refractivity contribution in [3.05, 3.63) is 54.9 Å². The lowest BCUT2D eigenvalue weighted by Crippen LogP contribution is -1.96. The quantitative estimate of drug-likeness (QED) is 0.714. The molecule has 3 rings (SSSR count). The zero-order chi connectivity index (χ0) is 16.9. The molecule has 24 heavy (non-hydrogen) atoms. The van der Waals surface area contributed by atoms with Crippen LogP contribution < -0.4 is 14.2 Å². The van der Waals surface area contributed by atoms with Crippen molar-refractivity contribution in [1.29, 1.82) is 0 Å². The molecule has 0 radical (unpaired) electrons. The van der Waals surface area contributed by atoms with E-state index in [2.05, 4.69) is 9.97 Å². The molecule has 0 bridgehead atoms. The van der Waals surface area contributed by atoms with Gasteiger partial charge in [-0.3, -0.25) is 9.97 Å². The first-order valence-corrected chi connectivity index (χ1v) is 7.44. The zero-order valence-electron chi connectivity index (χ0n) is 13.8. The molecule has 0 fully saturated rings. The second-order valence-electron chi connectivity index (χ2n) is 5.05. The molecule has 5 heteroatoms. The van der Waals surface area contributed by atoms with E-state index in [1.54, 1.807) is 33.7 Å². The molecule has 2 aromatic heterocycles. The third-order valence-corrected chi connectivity index (χ3v) is 3.69. The van der Waals surface area contributed by atoms with Crippen molar-refractivity contribution in [3.8, 4) is 39.8 Å². The molecular weight excluding hydrogens is 304 g/mol. The van der Waals surface area contributed by atoms with Crippen LogP contribution in [-0.4, -0.2) is 31.3 Å². The molecule has 0 aliphatic heterocycles. The molecule has 3 aromatic rings. The summed E-state index contributed by atoms with van der Waals surface area (Å²) in [7, 11) is 4.86. The van der Waals surface area contributed by atoms with E-state index in [4.69, 9.17) is 14.2 Å². The average Bonchev–Trinajstić information content (AvgIpc) is 2.67. The van der Waals surface area contributed by atoms with Crippen molar-refractivity contribution >= 4 is 0 Å². The van der Waals surface area contributed by atoms with Crippen LogP contribution >= 0.6 is 0 Å². The minimum atomic E-state index is 0.671. The Bertz CT molecular complexity index is 810. The smallest absolute Gasteiger partial charge is 0.134 e. The Labute approximate surface area is 140 Å². The number of methoxy groups -OCH3 is 3. The van der Waals surface area contributed by atoms with Gasteiger partial charge in [-0.1, -0.05) is 6.07 Å². The topological polar surface area (TPSA) is 53.5 Å². The van der Waals surface area contributed by atoms with Gasteiger partial charge in [0.2, 0.25) is 0 Å². The van der Waals surface area contributed by atoms with Gasteiger partial charge in [-0.15, -0.1) is 0 Å². The third-order valence-electron chi connectivity index (χ3n) is 3.69. The van der Waals surface area contributed by atoms with Crippen LogP contribution in [0.25, 0.3) is 22.5 Å². The lowest BCUT2D eigenvalue weighted by Gasteiger charge is -2.15. The minimum absolute atomic E-state index is 0.671. The number of hydrogen-bond acceptors (Lipinski definition) is 5. The molecule has 0 saturated carbocycles. The second kappa shape index (κ2) is 7.00. The summed E-state index contributed by atoms with van der Waals surface area (Å²) >= 11 is 0. The Hall–Kier alpha value is -3.08. The van der Waals surface area contributed by atoms with Crippen LogP contribution in [0.2, 0.25) is 0 Å². The summed E-state index contributed by atoms with van der Waals surface area (Å²) in [5.41, 5.74) is 3.38. The van der Waals surface area contributed by atoms with Gasteiger partial charge >= 0.3 is 0 Å². The van der Waals surface area contributed by atoms with Gasteiger partial charge < -0.3 is 14.2 Å². The van der Waals surface area contributed by atoms with Crippen molar-refractivity contribution < 1.29 is 14.2 Å². The summed E-state index contributed by atoms with van der Waals surface area (Å²) in [5, 5.41) is 0. The highest BCUT2D eigenvalue weighted by Gasteiger charge is 2.16. The number of nitrogens with zero attached hydrogens (tertiary/aromatic N) is 2. The fourth-order valence-corrected chi connectivity index (χ4v) is 2.53. The van der Waals surface area contributed by atoms with E-state index in [0.29, 0.717) is 17.2 Å². The third kappa shape index (κ3) is 3.01. The number of rotatable bonds is 5. The molecule has 0 aliphatic carbocycles. The van der Waals surface area contributed by atoms with Crippen LogP contribution in [0.15, 0.2) is 54.9 Å². The first-order chi connectivity index (χ1) is 11.8. The molecule has 2 heterocycles. The zero-order valence-corrected chi connectivity index (χ0v) is 13.8. The number of pyridine rings is 2. The van der Waals surface area contributed by atoms with Crippen molar-refractivity contribution in [2.75, 3.05) is 21.3 Å². The second-order valence-corrected chi connectivity index (χ2v) is 5.05. The molecule has 0 aliphatic rings. The molecule has 0 saturated heterocycles. The standard InChI is InChI=1S/C19H18N2O3/c1-22-14-11-17(23-2)19(18(12-14)24-3)13-7-9-21-16(10-13)15-6-4-5-8-20-15/h4-12H,1-3H3. The number of hydrogen-bond donors (Lipinski definition) is 0. The molecule has 0 atom stereocenters. The van der Waals surface area contributed by atoms with Crippen LogP contribution in [-0.2, 0) is 0 Å². The largest absolute Gasteiger partial charge is 0.496 e. The summed E-state index contributed by atoms with van der Waals surface area (Å²) < 4.78 is 16.4. The molecule has 1 aromatic carbocycles. The van der Waals surface area contributed by atoms with E-state index in [0.717, 1.165) is 22.5 Å². The van der Waals surface area contributed by atoms with Gasteiger partial charge in [0.25, 0.3) is 0 Å². The summed E-state index contributed by atoms with van der Waals surface area (Å²) in [4.78, 5) is 8.76. The van der Waals surface area contributed by atoms with Crippen molar-refractivity contribution in [1.82, 2.24) is 9.97 Å². The number of benzene rings is 1. The van der Waals surface area contributed by atoms with E-state index < -0.39 is 0 Å². The fourth-order valence-electron chi connectivity index (χ4n) is 2.53. The molecule has 0 amide bonds. The summed E-state index contributed by atoms with van der Waals surface area (Å²) in [6.07, 6.45) is 3.50. The van der Waals surface area contributed by atoms with E-state index in [1.807, 2.05) is 42.5 Å². The average molecular weight is 322 g/mol. The Balaban J connectivity index is 2.16. The highest BCUT2D eigenvalue weighted by molar-refractivity contribution is 5.80. The molecule has 122 valence electrons. The maximum absolute atomic E-state index is 5.53. The van der Waals surface area contributed by atoms with Crippen LogP contribution in [0.4, 0.5) is 0 Å². The molecule has 5 nitrogen and oxygen atoms in total. The monoisotopic (exact) mass is 322 g/mol. The predicted molar refractivity (Wildman–Crippen MR) is 92.6 cm³/mol. The highest BCUT2D eigenvalue weighted by atomic mass is 16.5. The van der Waals surface area contributed by atoms with E-state index in [1.165, 1.54) is 0 Å². The summed E-state index contributed by atoms with van der Waals surface area (Å²) in [5.74, 6) is 2.01. The fraction of sp³-hybridized carbons (Fsp3) is 0.158. The maximum atomic E-state index is 5.53. The maximum Gasteiger partial charge on any atom is 0.134 e. The van der Waals surface area contributed by atoms with Crippen molar-refractivity contribution in [2.45, 2.75) is 0 Å². The summed E-state index contributed by atoms with van der Waals surface area (Å²) in [6, 6.07) is 13.3. The Morgan fingerprint density at radius 3 is 2.00 bits per heavy atom. The van der Waals surface area contributed by atoms with Gasteiger partial charge in [0.05, 0.1) is 38.3 Å². The van der Waals surface area contributed by atoms with Gasteiger partial charge in [0.15, 0.2) is 0 Å². The van der Waals surface area contributed by atoms with Crippen LogP contribution in [0, 0.1) is 0 Å². The van der Waals surface area contributed by atoms with Crippen molar-refractivity contribution in [2.24, 2.45) is 0 Å². The SMILES string of the molecule is COc1cc(OC)c(-c2ccnc(-c3ccccn3)c2)c(OC)c1. The van der Waals surface area contributed by atoms with Gasteiger partial charge in [-0.05, 0) is 29.8 Å². The Morgan fingerprint density at radius 1 is 0.708 bits per heavy atom. The Kier molecular flexibility index (Phi) is 4.61. The number of ether oxygens (including phenoxy) is 3. The Morgan fingerprint density at radius 2 is 1.42 bits per heavy atom. The van der Waals surface area contributed by atoms with Gasteiger partial charge in [-0.25, -0.2) is 0 Å². The van der Waals surface area contributed by atoms with Gasteiger partial charge in [0.1, 0.15) is 17.2 Å². The van der Waals surface area contributed by atoms with Gasteiger partial charge in [0, 0.05) is 24.5 Å².